The topological polar surface area (TPSA) is 63.4 Å². The molecule has 2 heterocycles. The number of carbonyl (C=O) groups excluding carboxylic acids is 2. The summed E-state index contributed by atoms with van der Waals surface area (Å²) in [4.78, 5) is 24.4. The van der Waals surface area contributed by atoms with Crippen molar-refractivity contribution in [1.82, 2.24) is 4.90 Å². The number of likely N-dealkylation sites (tertiary alicyclic amines) is 1. The molecule has 0 radical (unpaired) electrons. The van der Waals surface area contributed by atoms with Gasteiger partial charge in [-0.15, -0.1) is 11.3 Å². The summed E-state index contributed by atoms with van der Waals surface area (Å²) in [6, 6.07) is 1.42. The fraction of sp³-hybridized carbons (Fsp3) is 0.333. The van der Waals surface area contributed by atoms with E-state index in [0.29, 0.717) is 18.5 Å². The first-order chi connectivity index (χ1) is 7.09. The van der Waals surface area contributed by atoms with E-state index in [4.69, 9.17) is 5.73 Å². The number of amides is 2. The summed E-state index contributed by atoms with van der Waals surface area (Å²) in [5.74, 6) is -0.510. The van der Waals surface area contributed by atoms with Gasteiger partial charge in [-0.2, -0.15) is 0 Å². The number of thiophene rings is 1. The first-order valence-corrected chi connectivity index (χ1v) is 6.40. The van der Waals surface area contributed by atoms with Crippen LogP contribution in [0.25, 0.3) is 0 Å². The van der Waals surface area contributed by atoms with E-state index >= 15 is 0 Å². The van der Waals surface area contributed by atoms with E-state index in [1.54, 1.807) is 5.38 Å². The molecule has 0 aromatic carbocycles. The normalized spacial score (nSPS) is 19.8. The molecule has 2 N–H and O–H groups in total. The van der Waals surface area contributed by atoms with Gasteiger partial charge in [-0.1, -0.05) is 0 Å². The fourth-order valence-electron chi connectivity index (χ4n) is 1.51. The Morgan fingerprint density at radius 2 is 2.33 bits per heavy atom. The SMILES string of the molecule is NC(=O)C1CCN1C(=O)c1csc(I)c1. The largest absolute Gasteiger partial charge is 0.368 e. The summed E-state index contributed by atoms with van der Waals surface area (Å²) in [5, 5.41) is 1.81. The monoisotopic (exact) mass is 336 g/mol. The highest BCUT2D eigenvalue weighted by Crippen LogP contribution is 2.23. The minimum Gasteiger partial charge on any atom is -0.368 e. The van der Waals surface area contributed by atoms with E-state index in [2.05, 4.69) is 22.6 Å². The van der Waals surface area contributed by atoms with Crippen molar-refractivity contribution in [2.24, 2.45) is 5.73 Å². The fourth-order valence-corrected chi connectivity index (χ4v) is 2.83. The average Bonchev–Trinajstić information content (AvgIpc) is 2.48. The van der Waals surface area contributed by atoms with E-state index in [0.717, 1.165) is 2.88 Å². The lowest BCUT2D eigenvalue weighted by atomic mass is 10.0. The van der Waals surface area contributed by atoms with Crippen LogP contribution in [0, 0.1) is 2.88 Å². The Bertz CT molecular complexity index is 418. The van der Waals surface area contributed by atoms with Crippen LogP contribution in [0.3, 0.4) is 0 Å². The van der Waals surface area contributed by atoms with Gasteiger partial charge in [0.1, 0.15) is 6.04 Å². The predicted octanol–water partition coefficient (Wildman–Crippen LogP) is 1.05. The molecule has 80 valence electrons. The Hall–Kier alpha value is -0.630. The summed E-state index contributed by atoms with van der Waals surface area (Å²) in [6.07, 6.45) is 0.683. The number of rotatable bonds is 2. The number of primary amides is 1. The van der Waals surface area contributed by atoms with Crippen molar-refractivity contribution in [2.45, 2.75) is 12.5 Å². The van der Waals surface area contributed by atoms with Crippen LogP contribution < -0.4 is 5.73 Å². The van der Waals surface area contributed by atoms with Crippen LogP contribution in [0.2, 0.25) is 0 Å². The maximum absolute atomic E-state index is 11.9. The van der Waals surface area contributed by atoms with Gasteiger partial charge in [0.05, 0.1) is 8.45 Å². The third-order valence-electron chi connectivity index (χ3n) is 2.42. The van der Waals surface area contributed by atoms with E-state index in [1.807, 2.05) is 6.07 Å². The van der Waals surface area contributed by atoms with E-state index in [9.17, 15) is 9.59 Å². The first kappa shape index (κ1) is 10.9. The summed E-state index contributed by atoms with van der Waals surface area (Å²) >= 11 is 3.68. The molecule has 0 saturated carbocycles. The zero-order chi connectivity index (χ0) is 11.0. The minimum atomic E-state index is -0.417. The standard InChI is InChI=1S/C9H9IN2O2S/c10-7-3-5(4-15-7)9(14)12-2-1-6(12)8(11)13/h3-4,6H,1-2H2,(H2,11,13). The van der Waals surface area contributed by atoms with Gasteiger partial charge in [-0.05, 0) is 35.1 Å². The van der Waals surface area contributed by atoms with Crippen LogP contribution in [-0.2, 0) is 4.79 Å². The van der Waals surface area contributed by atoms with E-state index in [1.165, 1.54) is 16.2 Å². The third kappa shape index (κ3) is 2.00. The summed E-state index contributed by atoms with van der Waals surface area (Å²) in [7, 11) is 0. The molecule has 1 saturated heterocycles. The third-order valence-corrected chi connectivity index (χ3v) is 4.21. The Balaban J connectivity index is 2.12. The van der Waals surface area contributed by atoms with Crippen LogP contribution in [0.4, 0.5) is 0 Å². The molecule has 1 aromatic rings. The highest BCUT2D eigenvalue weighted by atomic mass is 127. The number of hydrogen-bond donors (Lipinski definition) is 1. The molecular weight excluding hydrogens is 327 g/mol. The molecule has 1 aromatic heterocycles. The predicted molar refractivity (Wildman–Crippen MR) is 65.7 cm³/mol. The molecule has 6 heteroatoms. The average molecular weight is 336 g/mol. The molecule has 0 spiro atoms. The Morgan fingerprint density at radius 3 is 2.73 bits per heavy atom. The van der Waals surface area contributed by atoms with E-state index in [-0.39, 0.29) is 5.91 Å². The summed E-state index contributed by atoms with van der Waals surface area (Å²) in [5.41, 5.74) is 5.83. The van der Waals surface area contributed by atoms with Crippen LogP contribution in [0.15, 0.2) is 11.4 Å². The maximum atomic E-state index is 11.9. The quantitative estimate of drug-likeness (QED) is 0.821. The molecule has 0 aliphatic carbocycles. The van der Waals surface area contributed by atoms with Gasteiger partial charge >= 0.3 is 0 Å². The lowest BCUT2D eigenvalue weighted by Crippen LogP contribution is -2.57. The van der Waals surface area contributed by atoms with Crippen molar-refractivity contribution in [2.75, 3.05) is 6.54 Å². The number of hydrogen-bond acceptors (Lipinski definition) is 3. The van der Waals surface area contributed by atoms with Gasteiger partial charge in [0.2, 0.25) is 5.91 Å². The molecular formula is C9H9IN2O2S. The van der Waals surface area contributed by atoms with E-state index < -0.39 is 11.9 Å². The molecule has 2 rings (SSSR count). The highest BCUT2D eigenvalue weighted by Gasteiger charge is 2.36. The molecule has 1 aliphatic heterocycles. The Morgan fingerprint density at radius 1 is 1.60 bits per heavy atom. The Kier molecular flexibility index (Phi) is 2.96. The second-order valence-corrected chi connectivity index (χ2v) is 6.15. The lowest BCUT2D eigenvalue weighted by molar-refractivity contribution is -0.125. The minimum absolute atomic E-state index is 0.0933. The molecule has 1 fully saturated rings. The van der Waals surface area contributed by atoms with Crippen LogP contribution in [0.5, 0.6) is 0 Å². The van der Waals surface area contributed by atoms with Crippen molar-refractivity contribution in [3.63, 3.8) is 0 Å². The van der Waals surface area contributed by atoms with Crippen molar-refractivity contribution in [1.29, 1.82) is 0 Å². The van der Waals surface area contributed by atoms with Crippen molar-refractivity contribution in [3.05, 3.63) is 19.9 Å². The number of nitrogens with zero attached hydrogens (tertiary/aromatic N) is 1. The second kappa shape index (κ2) is 4.09. The first-order valence-electron chi connectivity index (χ1n) is 4.44. The number of carbonyl (C=O) groups is 2. The van der Waals surface area contributed by atoms with Crippen LogP contribution in [-0.4, -0.2) is 29.3 Å². The van der Waals surface area contributed by atoms with Crippen molar-refractivity contribution >= 4 is 45.7 Å². The molecule has 1 aliphatic rings. The van der Waals surface area contributed by atoms with Crippen molar-refractivity contribution in [3.8, 4) is 0 Å². The van der Waals surface area contributed by atoms with Gasteiger partial charge in [0.15, 0.2) is 0 Å². The maximum Gasteiger partial charge on any atom is 0.255 e. The van der Waals surface area contributed by atoms with Crippen LogP contribution >= 0.6 is 33.9 Å². The van der Waals surface area contributed by atoms with Gasteiger partial charge in [0, 0.05) is 11.9 Å². The van der Waals surface area contributed by atoms with Gasteiger partial charge in [0.25, 0.3) is 5.91 Å². The molecule has 2 amide bonds. The second-order valence-electron chi connectivity index (χ2n) is 3.34. The van der Waals surface area contributed by atoms with Gasteiger partial charge in [-0.25, -0.2) is 0 Å². The summed E-state index contributed by atoms with van der Waals surface area (Å²) < 4.78 is 1.06. The number of nitrogens with two attached hydrogens (primary N) is 1. The van der Waals surface area contributed by atoms with Gasteiger partial charge in [-0.3, -0.25) is 9.59 Å². The van der Waals surface area contributed by atoms with Crippen molar-refractivity contribution < 1.29 is 9.59 Å². The lowest BCUT2D eigenvalue weighted by Gasteiger charge is -2.38. The molecule has 1 atom stereocenters. The Labute approximate surface area is 105 Å². The highest BCUT2D eigenvalue weighted by molar-refractivity contribution is 14.1. The zero-order valence-corrected chi connectivity index (χ0v) is 10.7. The molecule has 0 bridgehead atoms. The molecule has 1 unspecified atom stereocenters. The molecule has 15 heavy (non-hydrogen) atoms. The molecule has 4 nitrogen and oxygen atoms in total. The van der Waals surface area contributed by atoms with Gasteiger partial charge < -0.3 is 10.6 Å². The smallest absolute Gasteiger partial charge is 0.255 e. The van der Waals surface area contributed by atoms with Crippen LogP contribution in [0.1, 0.15) is 16.8 Å². The zero-order valence-electron chi connectivity index (χ0n) is 7.77. The summed E-state index contributed by atoms with van der Waals surface area (Å²) in [6.45, 7) is 0.624. The number of halogens is 1.